The number of anilines is 2. The lowest BCUT2D eigenvalue weighted by Gasteiger charge is -2.24. The Bertz CT molecular complexity index is 1350. The molecule has 1 saturated heterocycles. The number of aromatic nitrogens is 2. The Morgan fingerprint density at radius 1 is 1.13 bits per heavy atom. The van der Waals surface area contributed by atoms with Crippen molar-refractivity contribution >= 4 is 40.2 Å². The van der Waals surface area contributed by atoms with Gasteiger partial charge in [0, 0.05) is 42.7 Å². The Kier molecular flexibility index (Phi) is 8.25. The van der Waals surface area contributed by atoms with Crippen LogP contribution in [-0.2, 0) is 6.42 Å². The quantitative estimate of drug-likeness (QED) is 0.290. The average molecular weight is 531 g/mol. The highest BCUT2D eigenvalue weighted by molar-refractivity contribution is 6.33. The average Bonchev–Trinajstić information content (AvgIpc) is 3.44. The largest absolute Gasteiger partial charge is 0.493 e. The molecule has 1 fully saturated rings. The Hall–Kier alpha value is -3.42. The van der Waals surface area contributed by atoms with Gasteiger partial charge in [0.1, 0.15) is 5.75 Å². The van der Waals surface area contributed by atoms with Crippen molar-refractivity contribution in [1.82, 2.24) is 20.2 Å². The van der Waals surface area contributed by atoms with Gasteiger partial charge < -0.3 is 25.7 Å². The summed E-state index contributed by atoms with van der Waals surface area (Å²) in [7, 11) is 1.90. The van der Waals surface area contributed by atoms with E-state index in [0.29, 0.717) is 35.4 Å². The van der Waals surface area contributed by atoms with Gasteiger partial charge in [0.2, 0.25) is 5.95 Å². The van der Waals surface area contributed by atoms with Crippen molar-refractivity contribution in [2.24, 2.45) is 0 Å². The van der Waals surface area contributed by atoms with E-state index in [4.69, 9.17) is 26.7 Å². The van der Waals surface area contributed by atoms with Gasteiger partial charge in [0.15, 0.2) is 0 Å². The molecule has 0 radical (unpaired) electrons. The van der Waals surface area contributed by atoms with Gasteiger partial charge in [0.25, 0.3) is 0 Å². The van der Waals surface area contributed by atoms with E-state index in [2.05, 4.69) is 39.6 Å². The molecule has 2 heterocycles. The van der Waals surface area contributed by atoms with E-state index in [9.17, 15) is 0 Å². The molecule has 0 amide bonds. The number of fused-ring (bicyclic) bond motifs is 1. The lowest BCUT2D eigenvalue weighted by Crippen LogP contribution is -2.21. The van der Waals surface area contributed by atoms with Gasteiger partial charge in [-0.2, -0.15) is 0 Å². The van der Waals surface area contributed by atoms with E-state index >= 15 is 0 Å². The second kappa shape index (κ2) is 12.0. The normalized spacial score (nSPS) is 16.8. The van der Waals surface area contributed by atoms with Crippen LogP contribution in [-0.4, -0.2) is 53.9 Å². The molecule has 2 aliphatic rings. The molecule has 5 rings (SSSR count). The van der Waals surface area contributed by atoms with Crippen molar-refractivity contribution in [2.45, 2.75) is 39.0 Å². The fraction of sp³-hybridized carbons (Fsp3) is 0.367. The van der Waals surface area contributed by atoms with Crippen LogP contribution < -0.4 is 15.4 Å². The maximum Gasteiger partial charge on any atom is 0.227 e. The van der Waals surface area contributed by atoms with Crippen molar-refractivity contribution in [3.63, 3.8) is 0 Å². The number of nitrogens with zero attached hydrogens (tertiary/aromatic N) is 3. The Balaban J connectivity index is 1.34. The third-order valence-corrected chi connectivity index (χ3v) is 7.55. The highest BCUT2D eigenvalue weighted by Crippen LogP contribution is 2.35. The van der Waals surface area contributed by atoms with E-state index in [1.165, 1.54) is 25.9 Å². The predicted molar refractivity (Wildman–Crippen MR) is 156 cm³/mol. The standard InChI is InChI=1S/C30H35ClN6O/c1-20-8-3-4-9-23(20)29(33-2)27-25(32)12-10-21-19-34-30(36-28(21)27)35-26-13-11-22(18-24(26)31)38-17-7-16-37-14-5-6-15-37/h3-4,8-9,11,13,18-19,32-33H,5-7,10,12,14-17H2,1-2H3,(H,34,35,36)/b29-27+,32-25?. The summed E-state index contributed by atoms with van der Waals surface area (Å²) in [4.78, 5) is 11.9. The first kappa shape index (κ1) is 26.2. The molecule has 198 valence electrons. The molecular formula is C30H35ClN6O. The molecule has 0 saturated carbocycles. The van der Waals surface area contributed by atoms with Gasteiger partial charge in [-0.1, -0.05) is 35.9 Å². The molecule has 3 aromatic rings. The molecule has 0 spiro atoms. The zero-order valence-electron chi connectivity index (χ0n) is 22.1. The van der Waals surface area contributed by atoms with Crippen molar-refractivity contribution in [3.8, 4) is 5.75 Å². The molecule has 0 atom stereocenters. The van der Waals surface area contributed by atoms with Crippen LogP contribution in [0.15, 0.2) is 48.7 Å². The molecule has 1 aliphatic carbocycles. The molecule has 0 unspecified atom stereocenters. The summed E-state index contributed by atoms with van der Waals surface area (Å²) in [6, 6.07) is 13.8. The Labute approximate surface area is 229 Å². The summed E-state index contributed by atoms with van der Waals surface area (Å²) in [6.07, 6.45) is 6.87. The summed E-state index contributed by atoms with van der Waals surface area (Å²) in [5, 5.41) is 15.9. The Morgan fingerprint density at radius 2 is 1.95 bits per heavy atom. The van der Waals surface area contributed by atoms with Gasteiger partial charge in [-0.3, -0.25) is 0 Å². The third-order valence-electron chi connectivity index (χ3n) is 7.23. The van der Waals surface area contributed by atoms with Crippen molar-refractivity contribution < 1.29 is 4.74 Å². The smallest absolute Gasteiger partial charge is 0.227 e. The van der Waals surface area contributed by atoms with Crippen LogP contribution >= 0.6 is 11.6 Å². The fourth-order valence-corrected chi connectivity index (χ4v) is 5.42. The number of nitrogens with one attached hydrogen (secondary N) is 3. The highest BCUT2D eigenvalue weighted by Gasteiger charge is 2.26. The number of hydrogen-bond acceptors (Lipinski definition) is 7. The molecule has 7 nitrogen and oxygen atoms in total. The van der Waals surface area contributed by atoms with E-state index in [1.54, 1.807) is 0 Å². The monoisotopic (exact) mass is 530 g/mol. The van der Waals surface area contributed by atoms with Gasteiger partial charge in [-0.15, -0.1) is 0 Å². The molecule has 38 heavy (non-hydrogen) atoms. The molecule has 3 N–H and O–H groups in total. The Morgan fingerprint density at radius 3 is 2.71 bits per heavy atom. The zero-order valence-corrected chi connectivity index (χ0v) is 22.9. The lowest BCUT2D eigenvalue weighted by atomic mass is 9.87. The van der Waals surface area contributed by atoms with Crippen LogP contribution in [0.2, 0.25) is 5.02 Å². The van der Waals surface area contributed by atoms with Crippen LogP contribution in [0.4, 0.5) is 11.6 Å². The van der Waals surface area contributed by atoms with Crippen LogP contribution in [0.1, 0.15) is 48.1 Å². The number of hydrogen-bond donors (Lipinski definition) is 3. The molecule has 8 heteroatoms. The zero-order chi connectivity index (χ0) is 26.5. The van der Waals surface area contributed by atoms with E-state index in [0.717, 1.165) is 58.8 Å². The molecule has 2 aromatic carbocycles. The number of halogens is 1. The van der Waals surface area contributed by atoms with Crippen LogP contribution in [0, 0.1) is 12.3 Å². The van der Waals surface area contributed by atoms with Gasteiger partial charge in [-0.05, 0) is 75.4 Å². The fourth-order valence-electron chi connectivity index (χ4n) is 5.20. The maximum atomic E-state index is 8.78. The van der Waals surface area contributed by atoms with Crippen LogP contribution in [0.3, 0.4) is 0 Å². The summed E-state index contributed by atoms with van der Waals surface area (Å²) in [5.41, 5.74) is 7.02. The maximum absolute atomic E-state index is 8.78. The second-order valence-electron chi connectivity index (χ2n) is 9.88. The van der Waals surface area contributed by atoms with Crippen molar-refractivity contribution in [3.05, 3.63) is 76.1 Å². The number of allylic oxidation sites excluding steroid dienone is 1. The van der Waals surface area contributed by atoms with E-state index in [1.807, 2.05) is 43.6 Å². The summed E-state index contributed by atoms with van der Waals surface area (Å²) in [6.45, 7) is 6.24. The summed E-state index contributed by atoms with van der Waals surface area (Å²) < 4.78 is 5.94. The van der Waals surface area contributed by atoms with Gasteiger partial charge in [-0.25, -0.2) is 9.97 Å². The first-order valence-corrected chi connectivity index (χ1v) is 13.7. The number of rotatable bonds is 9. The predicted octanol–water partition coefficient (Wildman–Crippen LogP) is 6.10. The number of aryl methyl sites for hydroxylation is 2. The molecule has 1 aliphatic heterocycles. The summed E-state index contributed by atoms with van der Waals surface area (Å²) >= 11 is 6.60. The van der Waals surface area contributed by atoms with Gasteiger partial charge in [0.05, 0.1) is 28.7 Å². The third kappa shape index (κ3) is 5.84. The SMILES string of the molecule is CN/C(=C1\C(=N)CCc2cnc(Nc3ccc(OCCCN4CCCC4)cc3Cl)nc21)c1ccccc1C. The molecular weight excluding hydrogens is 496 g/mol. The minimum absolute atomic E-state index is 0.442. The minimum atomic E-state index is 0.442. The molecule has 1 aromatic heterocycles. The van der Waals surface area contributed by atoms with E-state index < -0.39 is 0 Å². The van der Waals surface area contributed by atoms with Crippen LogP contribution in [0.25, 0.3) is 11.3 Å². The van der Waals surface area contributed by atoms with E-state index in [-0.39, 0.29) is 0 Å². The number of likely N-dealkylation sites (tertiary alicyclic amines) is 1. The minimum Gasteiger partial charge on any atom is -0.493 e. The first-order chi connectivity index (χ1) is 18.5. The lowest BCUT2D eigenvalue weighted by molar-refractivity contribution is 0.263. The second-order valence-corrected chi connectivity index (χ2v) is 10.3. The number of ether oxygens (including phenoxy) is 1. The first-order valence-electron chi connectivity index (χ1n) is 13.4. The topological polar surface area (TPSA) is 86.2 Å². The van der Waals surface area contributed by atoms with Gasteiger partial charge >= 0.3 is 0 Å². The van der Waals surface area contributed by atoms with Crippen molar-refractivity contribution in [1.29, 1.82) is 5.41 Å². The highest BCUT2D eigenvalue weighted by atomic mass is 35.5. The van der Waals surface area contributed by atoms with Crippen LogP contribution in [0.5, 0.6) is 5.75 Å². The summed E-state index contributed by atoms with van der Waals surface area (Å²) in [5.74, 6) is 1.20. The van der Waals surface area contributed by atoms with Crippen molar-refractivity contribution in [2.75, 3.05) is 38.6 Å². The molecule has 0 bridgehead atoms. The number of benzene rings is 2.